The number of nitrogens with one attached hydrogen (secondary N) is 2. The summed E-state index contributed by atoms with van der Waals surface area (Å²) in [6.45, 7) is 0. The predicted octanol–water partition coefficient (Wildman–Crippen LogP) is 1.51. The van der Waals surface area contributed by atoms with Crippen LogP contribution in [0.15, 0.2) is 18.3 Å². The Balaban J connectivity index is 2.02. The second-order valence-corrected chi connectivity index (χ2v) is 4.27. The molecule has 2 heterocycles. The lowest BCUT2D eigenvalue weighted by atomic mass is 10.0. The first-order chi connectivity index (χ1) is 7.29. The van der Waals surface area contributed by atoms with Crippen molar-refractivity contribution in [1.29, 1.82) is 0 Å². The number of carbonyl (C=O) groups is 1. The Morgan fingerprint density at radius 2 is 2.07 bits per heavy atom. The van der Waals surface area contributed by atoms with E-state index >= 15 is 0 Å². The van der Waals surface area contributed by atoms with Gasteiger partial charge in [-0.2, -0.15) is 0 Å². The Morgan fingerprint density at radius 1 is 1.27 bits per heavy atom. The molecule has 4 nitrogen and oxygen atoms in total. The predicted molar refractivity (Wildman–Crippen MR) is 56.5 cm³/mol. The fraction of sp³-hybridized carbons (Fsp3) is 0.455. The minimum atomic E-state index is -0.224. The number of hydrogen-bond acceptors (Lipinski definition) is 3. The molecule has 0 aromatic carbocycles. The van der Waals surface area contributed by atoms with Crippen molar-refractivity contribution in [3.8, 4) is 0 Å². The molecular formula is C11H13N3O. The van der Waals surface area contributed by atoms with Crippen LogP contribution in [0.3, 0.4) is 0 Å². The number of pyridine rings is 1. The number of aromatic nitrogens is 1. The Labute approximate surface area is 88.1 Å². The van der Waals surface area contributed by atoms with Crippen LogP contribution >= 0.6 is 0 Å². The molecule has 2 N–H and O–H groups in total. The highest BCUT2D eigenvalue weighted by Gasteiger charge is 2.39. The number of fused-ring (bicyclic) bond motifs is 1. The summed E-state index contributed by atoms with van der Waals surface area (Å²) in [6, 6.07) is 3.58. The van der Waals surface area contributed by atoms with E-state index in [1.807, 2.05) is 0 Å². The van der Waals surface area contributed by atoms with Crippen molar-refractivity contribution in [2.75, 3.05) is 5.32 Å². The number of nitrogens with zero attached hydrogens (tertiary/aromatic N) is 1. The summed E-state index contributed by atoms with van der Waals surface area (Å²) in [5, 5.41) is 6.42. The van der Waals surface area contributed by atoms with E-state index in [-0.39, 0.29) is 11.6 Å². The van der Waals surface area contributed by atoms with Crippen LogP contribution in [0.1, 0.15) is 36.0 Å². The van der Waals surface area contributed by atoms with Gasteiger partial charge in [-0.1, -0.05) is 0 Å². The Bertz CT molecular complexity index is 410. The first kappa shape index (κ1) is 8.71. The maximum atomic E-state index is 11.9. The molecule has 1 aromatic rings. The summed E-state index contributed by atoms with van der Waals surface area (Å²) in [6.07, 6.45) is 6.03. The van der Waals surface area contributed by atoms with Gasteiger partial charge in [-0.05, 0) is 37.8 Å². The molecule has 0 unspecified atom stereocenters. The average Bonchev–Trinajstić information content (AvgIpc) is 2.66. The zero-order valence-corrected chi connectivity index (χ0v) is 8.42. The van der Waals surface area contributed by atoms with Gasteiger partial charge < -0.3 is 10.6 Å². The summed E-state index contributed by atoms with van der Waals surface area (Å²) in [5.74, 6) is 0.724. The third-order valence-electron chi connectivity index (χ3n) is 3.22. The smallest absolute Gasteiger partial charge is 0.256 e. The van der Waals surface area contributed by atoms with Gasteiger partial charge in [-0.25, -0.2) is 4.98 Å². The van der Waals surface area contributed by atoms with E-state index in [4.69, 9.17) is 0 Å². The maximum absolute atomic E-state index is 11.9. The molecule has 0 radical (unpaired) electrons. The maximum Gasteiger partial charge on any atom is 0.256 e. The molecule has 1 aromatic heterocycles. The van der Waals surface area contributed by atoms with Crippen molar-refractivity contribution in [1.82, 2.24) is 10.3 Å². The molecule has 0 atom stereocenters. The average molecular weight is 203 g/mol. The van der Waals surface area contributed by atoms with Gasteiger partial charge in [-0.3, -0.25) is 4.79 Å². The van der Waals surface area contributed by atoms with Crippen molar-refractivity contribution in [3.05, 3.63) is 23.9 Å². The summed E-state index contributed by atoms with van der Waals surface area (Å²) < 4.78 is 0. The van der Waals surface area contributed by atoms with Gasteiger partial charge in [0.1, 0.15) is 11.5 Å². The van der Waals surface area contributed by atoms with Crippen LogP contribution in [-0.2, 0) is 0 Å². The molecule has 1 aliphatic carbocycles. The molecule has 3 rings (SSSR count). The van der Waals surface area contributed by atoms with Crippen LogP contribution in [0.4, 0.5) is 5.82 Å². The van der Waals surface area contributed by atoms with Gasteiger partial charge in [0.25, 0.3) is 5.91 Å². The Morgan fingerprint density at radius 3 is 2.87 bits per heavy atom. The summed E-state index contributed by atoms with van der Waals surface area (Å²) in [4.78, 5) is 16.1. The van der Waals surface area contributed by atoms with Crippen LogP contribution in [0, 0.1) is 0 Å². The molecule has 15 heavy (non-hydrogen) atoms. The van der Waals surface area contributed by atoms with Gasteiger partial charge >= 0.3 is 0 Å². The number of amides is 1. The normalized spacial score (nSPS) is 22.0. The lowest BCUT2D eigenvalue weighted by Gasteiger charge is -2.36. The van der Waals surface area contributed by atoms with Crippen LogP contribution in [0.5, 0.6) is 0 Å². The molecule has 1 spiro atoms. The van der Waals surface area contributed by atoms with Crippen LogP contribution in [0.2, 0.25) is 0 Å². The first-order valence-electron chi connectivity index (χ1n) is 5.35. The largest absolute Gasteiger partial charge is 0.347 e. The molecule has 1 amide bonds. The zero-order chi connectivity index (χ0) is 10.3. The lowest BCUT2D eigenvalue weighted by Crippen LogP contribution is -2.55. The van der Waals surface area contributed by atoms with E-state index in [2.05, 4.69) is 15.6 Å². The van der Waals surface area contributed by atoms with Crippen molar-refractivity contribution < 1.29 is 4.79 Å². The summed E-state index contributed by atoms with van der Waals surface area (Å²) in [7, 11) is 0. The van der Waals surface area contributed by atoms with Gasteiger partial charge in [0.15, 0.2) is 0 Å². The van der Waals surface area contributed by atoms with Crippen molar-refractivity contribution in [3.63, 3.8) is 0 Å². The molecule has 0 bridgehead atoms. The number of hydrogen-bond donors (Lipinski definition) is 2. The standard InChI is InChI=1S/C11H13N3O/c15-10-8-4-3-7-12-9(8)13-11(14-10)5-1-2-6-11/h3-4,7H,1-2,5-6H2,(H,12,13)(H,14,15). The number of anilines is 1. The molecular weight excluding hydrogens is 190 g/mol. The highest BCUT2D eigenvalue weighted by Crippen LogP contribution is 2.34. The fourth-order valence-electron chi connectivity index (χ4n) is 2.46. The SMILES string of the molecule is O=C1NC2(CCCC2)Nc2ncccc21. The van der Waals surface area contributed by atoms with Gasteiger partial charge in [0.2, 0.25) is 0 Å². The monoisotopic (exact) mass is 203 g/mol. The Kier molecular flexibility index (Phi) is 1.71. The van der Waals surface area contributed by atoms with E-state index in [0.717, 1.165) is 31.5 Å². The topological polar surface area (TPSA) is 54.0 Å². The molecule has 78 valence electrons. The van der Waals surface area contributed by atoms with Crippen LogP contribution < -0.4 is 10.6 Å². The van der Waals surface area contributed by atoms with Crippen molar-refractivity contribution in [2.24, 2.45) is 0 Å². The minimum absolute atomic E-state index is 0.00116. The molecule has 1 aliphatic heterocycles. The summed E-state index contributed by atoms with van der Waals surface area (Å²) in [5.41, 5.74) is 0.424. The number of carbonyl (C=O) groups excluding carboxylic acids is 1. The highest BCUT2D eigenvalue weighted by atomic mass is 16.2. The number of rotatable bonds is 0. The Hall–Kier alpha value is -1.58. The van der Waals surface area contributed by atoms with Gasteiger partial charge in [0, 0.05) is 6.20 Å². The first-order valence-corrected chi connectivity index (χ1v) is 5.35. The zero-order valence-electron chi connectivity index (χ0n) is 8.42. The van der Waals surface area contributed by atoms with Crippen LogP contribution in [0.25, 0.3) is 0 Å². The van der Waals surface area contributed by atoms with Crippen LogP contribution in [-0.4, -0.2) is 16.6 Å². The minimum Gasteiger partial charge on any atom is -0.347 e. The molecule has 2 aliphatic rings. The van der Waals surface area contributed by atoms with Crippen molar-refractivity contribution in [2.45, 2.75) is 31.3 Å². The molecule has 4 heteroatoms. The second kappa shape index (κ2) is 2.95. The quantitative estimate of drug-likeness (QED) is 0.672. The third-order valence-corrected chi connectivity index (χ3v) is 3.22. The van der Waals surface area contributed by atoms with Gasteiger partial charge in [0.05, 0.1) is 5.56 Å². The van der Waals surface area contributed by atoms with E-state index in [1.165, 1.54) is 0 Å². The molecule has 1 saturated carbocycles. The van der Waals surface area contributed by atoms with E-state index in [1.54, 1.807) is 18.3 Å². The lowest BCUT2D eigenvalue weighted by molar-refractivity contribution is 0.0901. The third kappa shape index (κ3) is 1.28. The highest BCUT2D eigenvalue weighted by molar-refractivity contribution is 6.01. The molecule has 1 fully saturated rings. The second-order valence-electron chi connectivity index (χ2n) is 4.27. The fourth-order valence-corrected chi connectivity index (χ4v) is 2.46. The summed E-state index contributed by atoms with van der Waals surface area (Å²) >= 11 is 0. The van der Waals surface area contributed by atoms with Gasteiger partial charge in [-0.15, -0.1) is 0 Å². The van der Waals surface area contributed by atoms with Crippen molar-refractivity contribution >= 4 is 11.7 Å². The molecule has 0 saturated heterocycles. The van der Waals surface area contributed by atoms with E-state index in [9.17, 15) is 4.79 Å². The van der Waals surface area contributed by atoms with E-state index < -0.39 is 0 Å². The van der Waals surface area contributed by atoms with E-state index in [0.29, 0.717) is 5.56 Å².